The predicted octanol–water partition coefficient (Wildman–Crippen LogP) is 10.4. The minimum absolute atomic E-state index is 0. The Morgan fingerprint density at radius 3 is 2.36 bits per heavy atom. The van der Waals surface area contributed by atoms with Crippen molar-refractivity contribution < 1.29 is 28.6 Å². The summed E-state index contributed by atoms with van der Waals surface area (Å²) >= 11 is 0. The molecule has 0 atom stereocenters. The molecule has 5 heteroatoms. The molecule has 0 aliphatic heterocycles. The maximum Gasteiger partial charge on any atom is 0.142 e. The van der Waals surface area contributed by atoms with Crippen LogP contribution in [0.5, 0.6) is 0 Å². The Bertz CT molecular complexity index is 1980. The van der Waals surface area contributed by atoms with Gasteiger partial charge in [0.15, 0.2) is 0 Å². The zero-order valence-corrected chi connectivity index (χ0v) is 27.3. The van der Waals surface area contributed by atoms with Gasteiger partial charge in [-0.15, -0.1) is 53.6 Å². The number of aryl methyl sites for hydroxylation is 1. The van der Waals surface area contributed by atoms with Crippen molar-refractivity contribution in [1.82, 2.24) is 15.0 Å². The quantitative estimate of drug-likeness (QED) is 0.168. The van der Waals surface area contributed by atoms with E-state index in [1.54, 1.807) is 6.07 Å². The minimum atomic E-state index is -0.0397. The van der Waals surface area contributed by atoms with E-state index in [0.29, 0.717) is 17.1 Å². The second-order valence-electron chi connectivity index (χ2n) is 11.8. The van der Waals surface area contributed by atoms with Crippen LogP contribution in [0.2, 0.25) is 0 Å². The first-order chi connectivity index (χ1) is 22.5. The monoisotopic (exact) mass is 759 g/mol. The minimum Gasteiger partial charge on any atom is -0.499 e. The summed E-state index contributed by atoms with van der Waals surface area (Å²) in [6, 6.07) is 24.2. The van der Waals surface area contributed by atoms with Gasteiger partial charge in [-0.25, -0.2) is 0 Å². The van der Waals surface area contributed by atoms with Crippen molar-refractivity contribution in [3.63, 3.8) is 0 Å². The van der Waals surface area contributed by atoms with Crippen LogP contribution in [-0.4, -0.2) is 15.0 Å². The van der Waals surface area contributed by atoms with Crippen molar-refractivity contribution in [3.05, 3.63) is 114 Å². The molecule has 44 heavy (non-hydrogen) atoms. The molecular formula is C39H37IrN3O-2. The molecule has 0 spiro atoms. The van der Waals surface area contributed by atoms with Crippen molar-refractivity contribution in [1.29, 1.82) is 0 Å². The molecular weight excluding hydrogens is 719 g/mol. The normalized spacial score (nSPS) is 16.5. The Kier molecular flexibility index (Phi) is 8.48. The maximum absolute atomic E-state index is 8.23. The summed E-state index contributed by atoms with van der Waals surface area (Å²) in [5.41, 5.74) is 7.93. The van der Waals surface area contributed by atoms with Gasteiger partial charge in [-0.2, -0.15) is 0 Å². The fourth-order valence-corrected chi connectivity index (χ4v) is 6.65. The molecule has 0 amide bonds. The van der Waals surface area contributed by atoms with Crippen molar-refractivity contribution >= 4 is 21.9 Å². The van der Waals surface area contributed by atoms with E-state index in [-0.39, 0.29) is 44.1 Å². The van der Waals surface area contributed by atoms with E-state index in [9.17, 15) is 0 Å². The number of nitrogens with zero attached hydrogens (tertiary/aromatic N) is 3. The summed E-state index contributed by atoms with van der Waals surface area (Å²) in [6.07, 6.45) is 15.1. The average molecular weight is 759 g/mol. The smallest absolute Gasteiger partial charge is 0.142 e. The van der Waals surface area contributed by atoms with Crippen molar-refractivity contribution in [2.75, 3.05) is 0 Å². The zero-order chi connectivity index (χ0) is 31.6. The van der Waals surface area contributed by atoms with Gasteiger partial charge in [-0.3, -0.25) is 4.98 Å². The van der Waals surface area contributed by atoms with Crippen molar-refractivity contribution in [3.8, 4) is 22.5 Å². The molecule has 4 aromatic heterocycles. The number of rotatable bonds is 4. The van der Waals surface area contributed by atoms with Gasteiger partial charge in [0.2, 0.25) is 0 Å². The predicted molar refractivity (Wildman–Crippen MR) is 174 cm³/mol. The molecule has 0 N–H and O–H groups in total. The van der Waals surface area contributed by atoms with Gasteiger partial charge in [0.25, 0.3) is 0 Å². The molecule has 8 rings (SSSR count). The van der Waals surface area contributed by atoms with E-state index >= 15 is 0 Å². The number of furan rings is 1. The van der Waals surface area contributed by atoms with Gasteiger partial charge >= 0.3 is 0 Å². The summed E-state index contributed by atoms with van der Waals surface area (Å²) in [4.78, 5) is 13.3. The van der Waals surface area contributed by atoms with E-state index in [2.05, 4.69) is 64.3 Å². The third-order valence-electron chi connectivity index (χ3n) is 8.96. The molecule has 2 aliphatic carbocycles. The zero-order valence-electron chi connectivity index (χ0n) is 28.0. The number of aromatic nitrogens is 3. The number of hydrogen-bond donors (Lipinski definition) is 0. The Hall–Kier alpha value is -3.66. The molecule has 6 aromatic rings. The van der Waals surface area contributed by atoms with Gasteiger partial charge in [-0.1, -0.05) is 86.0 Å². The maximum atomic E-state index is 8.23. The number of pyridine rings is 3. The van der Waals surface area contributed by atoms with Crippen LogP contribution in [0, 0.1) is 19.1 Å². The molecule has 4 nitrogen and oxygen atoms in total. The van der Waals surface area contributed by atoms with E-state index in [0.717, 1.165) is 52.1 Å². The van der Waals surface area contributed by atoms with Crippen LogP contribution in [0.3, 0.4) is 0 Å². The molecule has 1 radical (unpaired) electrons. The largest absolute Gasteiger partial charge is 0.499 e. The van der Waals surface area contributed by atoms with Crippen LogP contribution in [0.4, 0.5) is 0 Å². The third kappa shape index (κ3) is 6.41. The van der Waals surface area contributed by atoms with Gasteiger partial charge in [0.1, 0.15) is 5.58 Å². The number of benzene rings is 2. The standard InChI is InChI=1S/C22H19N2O.C17H18N.Ir/c1-2-7-15(8-3-1)20-22-17(12-14-24-20)16-9-6-10-18(21(16)25-22)19-11-4-5-13-23-19;1-13-6-11-17(18-12-13)16-9-7-15(8-10-16)14-4-2-3-5-14;/h4-6,9,11-15H,1-3,7-8H2;6-9,11-12,14H,2-5H2,1H3;/q2*-1;/i4D,11D,13D;;. The second kappa shape index (κ2) is 14.0. The average Bonchev–Trinajstić information content (AvgIpc) is 3.77. The van der Waals surface area contributed by atoms with Gasteiger partial charge < -0.3 is 14.4 Å². The molecule has 2 aromatic carbocycles. The Balaban J connectivity index is 0.000000176. The summed E-state index contributed by atoms with van der Waals surface area (Å²) in [7, 11) is 0. The molecule has 4 heterocycles. The first kappa shape index (κ1) is 26.7. The first-order valence-electron chi connectivity index (χ1n) is 17.1. The Labute approximate surface area is 277 Å². The van der Waals surface area contributed by atoms with Crippen LogP contribution < -0.4 is 0 Å². The van der Waals surface area contributed by atoms with Gasteiger partial charge in [0.05, 0.1) is 15.4 Å². The fraction of sp³-hybridized carbons (Fsp3) is 0.308. The number of fused-ring (bicyclic) bond motifs is 3. The molecule has 0 saturated heterocycles. The van der Waals surface area contributed by atoms with E-state index in [1.165, 1.54) is 62.1 Å². The van der Waals surface area contributed by atoms with Gasteiger partial charge in [0, 0.05) is 50.0 Å². The van der Waals surface area contributed by atoms with Crippen molar-refractivity contribution in [2.45, 2.75) is 76.5 Å². The topological polar surface area (TPSA) is 51.8 Å². The molecule has 2 aliphatic rings. The van der Waals surface area contributed by atoms with Crippen molar-refractivity contribution in [2.24, 2.45) is 0 Å². The summed E-state index contributed by atoms with van der Waals surface area (Å²) in [6.45, 7) is 2.06. The van der Waals surface area contributed by atoms with Crippen LogP contribution in [0.25, 0.3) is 44.5 Å². The summed E-state index contributed by atoms with van der Waals surface area (Å²) in [5.74, 6) is 1.17. The molecule has 2 saturated carbocycles. The SMILES string of the molecule is Cc1ccc(-c2[c-]cc(C3CCCC3)cc2)nc1.[2H]c1cc([2H])c([2H])c(-c2[c-]ccc3c2oc2c(C4CCCCC4)nccc23)n1.[Ir]. The van der Waals surface area contributed by atoms with Crippen LogP contribution in [-0.2, 0) is 20.1 Å². The Morgan fingerprint density at radius 2 is 1.59 bits per heavy atom. The summed E-state index contributed by atoms with van der Waals surface area (Å²) in [5, 5.41) is 1.92. The molecule has 225 valence electrons. The van der Waals surface area contributed by atoms with E-state index in [1.807, 2.05) is 24.5 Å². The summed E-state index contributed by atoms with van der Waals surface area (Å²) < 4.78 is 30.3. The Morgan fingerprint density at radius 1 is 0.795 bits per heavy atom. The van der Waals surface area contributed by atoms with E-state index in [4.69, 9.17) is 8.53 Å². The molecule has 2 fully saturated rings. The van der Waals surface area contributed by atoms with Crippen LogP contribution in [0.15, 0.2) is 89.7 Å². The third-order valence-corrected chi connectivity index (χ3v) is 8.96. The van der Waals surface area contributed by atoms with Crippen LogP contribution >= 0.6 is 0 Å². The second-order valence-corrected chi connectivity index (χ2v) is 11.8. The van der Waals surface area contributed by atoms with Crippen LogP contribution in [0.1, 0.15) is 90.6 Å². The van der Waals surface area contributed by atoms with Gasteiger partial charge in [-0.05, 0) is 48.8 Å². The fourth-order valence-electron chi connectivity index (χ4n) is 6.65. The molecule has 0 unspecified atom stereocenters. The first-order valence-corrected chi connectivity index (χ1v) is 15.6. The number of hydrogen-bond acceptors (Lipinski definition) is 4. The van der Waals surface area contributed by atoms with E-state index < -0.39 is 0 Å². The molecule has 0 bridgehead atoms.